The average molecular weight is 297 g/mol. The highest BCUT2D eigenvalue weighted by atomic mass is 79.9. The van der Waals surface area contributed by atoms with E-state index in [1.165, 1.54) is 0 Å². The minimum atomic E-state index is 0.0167. The van der Waals surface area contributed by atoms with Crippen molar-refractivity contribution in [3.63, 3.8) is 0 Å². The summed E-state index contributed by atoms with van der Waals surface area (Å²) in [5.74, 6) is 0.0901. The molecule has 0 saturated carbocycles. The van der Waals surface area contributed by atoms with Crippen molar-refractivity contribution in [1.82, 2.24) is 0 Å². The fourth-order valence-electron chi connectivity index (χ4n) is 2.54. The van der Waals surface area contributed by atoms with Gasteiger partial charge in [0.15, 0.2) is 0 Å². The van der Waals surface area contributed by atoms with Gasteiger partial charge in [-0.05, 0) is 36.6 Å². The molecule has 0 fully saturated rings. The van der Waals surface area contributed by atoms with Crippen molar-refractivity contribution in [2.75, 3.05) is 4.90 Å². The van der Waals surface area contributed by atoms with Gasteiger partial charge in [-0.3, -0.25) is 4.79 Å². The van der Waals surface area contributed by atoms with Gasteiger partial charge in [0.05, 0.1) is 0 Å². The fourth-order valence-corrected chi connectivity index (χ4v) is 2.92. The zero-order chi connectivity index (χ0) is 12.6. The molecule has 2 N–H and O–H groups in total. The highest BCUT2D eigenvalue weighted by molar-refractivity contribution is 9.10. The number of nitrogens with zero attached hydrogens (tertiary/aromatic N) is 1. The summed E-state index contributed by atoms with van der Waals surface area (Å²) in [5.41, 5.74) is 8.20. The molecule has 0 aromatic heterocycles. The topological polar surface area (TPSA) is 46.3 Å². The lowest BCUT2D eigenvalue weighted by Gasteiger charge is -2.39. The number of carbonyl (C=O) groups excluding carboxylic acids is 1. The second-order valence-corrected chi connectivity index (χ2v) is 5.41. The molecule has 1 heterocycles. The van der Waals surface area contributed by atoms with Gasteiger partial charge < -0.3 is 10.6 Å². The number of hydrogen-bond acceptors (Lipinski definition) is 2. The molecule has 0 aliphatic carbocycles. The van der Waals surface area contributed by atoms with Crippen molar-refractivity contribution in [1.29, 1.82) is 0 Å². The largest absolute Gasteiger partial charge is 0.324 e. The van der Waals surface area contributed by atoms with Crippen LogP contribution in [0, 0.1) is 0 Å². The first-order valence-electron chi connectivity index (χ1n) is 5.89. The lowest BCUT2D eigenvalue weighted by Crippen LogP contribution is -2.44. The first kappa shape index (κ1) is 12.6. The van der Waals surface area contributed by atoms with Crippen molar-refractivity contribution < 1.29 is 4.79 Å². The van der Waals surface area contributed by atoms with Crippen LogP contribution in [0.15, 0.2) is 22.7 Å². The Morgan fingerprint density at radius 1 is 1.59 bits per heavy atom. The van der Waals surface area contributed by atoms with Gasteiger partial charge in [0, 0.05) is 29.2 Å². The Balaban J connectivity index is 2.52. The van der Waals surface area contributed by atoms with Gasteiger partial charge in [0.25, 0.3) is 0 Å². The summed E-state index contributed by atoms with van der Waals surface area (Å²) in [7, 11) is 0. The third-order valence-electron chi connectivity index (χ3n) is 3.35. The van der Waals surface area contributed by atoms with E-state index in [2.05, 4.69) is 22.9 Å². The molecule has 2 atom stereocenters. The second-order valence-electron chi connectivity index (χ2n) is 4.50. The summed E-state index contributed by atoms with van der Waals surface area (Å²) in [5, 5.41) is 0. The molecule has 0 spiro atoms. The van der Waals surface area contributed by atoms with Gasteiger partial charge in [-0.2, -0.15) is 0 Å². The molecule has 1 amide bonds. The maximum Gasteiger partial charge on any atom is 0.224 e. The lowest BCUT2D eigenvalue weighted by atomic mass is 9.90. The summed E-state index contributed by atoms with van der Waals surface area (Å²) in [4.78, 5) is 13.7. The fraction of sp³-hybridized carbons (Fsp3) is 0.462. The van der Waals surface area contributed by atoms with Crippen molar-refractivity contribution in [3.05, 3.63) is 28.2 Å². The Kier molecular flexibility index (Phi) is 3.54. The zero-order valence-electron chi connectivity index (χ0n) is 10.1. The Bertz CT molecular complexity index is 447. The van der Waals surface area contributed by atoms with Crippen LogP contribution in [-0.4, -0.2) is 11.9 Å². The molecule has 17 heavy (non-hydrogen) atoms. The molecule has 1 aromatic carbocycles. The summed E-state index contributed by atoms with van der Waals surface area (Å²) in [6.07, 6.45) is 1.77. The molecular weight excluding hydrogens is 280 g/mol. The molecular formula is C13H17BrN2O. The highest BCUT2D eigenvalue weighted by Crippen LogP contribution is 2.38. The van der Waals surface area contributed by atoms with Gasteiger partial charge in [-0.25, -0.2) is 0 Å². The number of amides is 1. The summed E-state index contributed by atoms with van der Waals surface area (Å²) in [6.45, 7) is 3.71. The van der Waals surface area contributed by atoms with E-state index in [1.807, 2.05) is 23.1 Å². The first-order valence-corrected chi connectivity index (χ1v) is 6.68. The minimum absolute atomic E-state index is 0.0167. The maximum absolute atomic E-state index is 11.8. The van der Waals surface area contributed by atoms with Crippen molar-refractivity contribution in [3.8, 4) is 0 Å². The number of benzene rings is 1. The van der Waals surface area contributed by atoms with Gasteiger partial charge in [0.2, 0.25) is 5.91 Å². The van der Waals surface area contributed by atoms with Crippen LogP contribution in [0.3, 0.4) is 0 Å². The SMILES string of the molecule is CC[C@H]1C[C@@H](N)c2cc(Br)ccc2N1C(C)=O. The Labute approximate surface area is 110 Å². The van der Waals surface area contributed by atoms with Crippen LogP contribution in [0.1, 0.15) is 38.3 Å². The Morgan fingerprint density at radius 3 is 2.88 bits per heavy atom. The molecule has 3 nitrogen and oxygen atoms in total. The van der Waals surface area contributed by atoms with Gasteiger partial charge in [0.1, 0.15) is 0 Å². The zero-order valence-corrected chi connectivity index (χ0v) is 11.7. The lowest BCUT2D eigenvalue weighted by molar-refractivity contribution is -0.117. The van der Waals surface area contributed by atoms with E-state index in [0.717, 1.165) is 28.6 Å². The van der Waals surface area contributed by atoms with E-state index in [-0.39, 0.29) is 18.0 Å². The van der Waals surface area contributed by atoms with Gasteiger partial charge >= 0.3 is 0 Å². The van der Waals surface area contributed by atoms with Crippen LogP contribution in [0.4, 0.5) is 5.69 Å². The molecule has 1 aliphatic rings. The molecule has 1 aromatic rings. The van der Waals surface area contributed by atoms with Crippen molar-refractivity contribution in [2.45, 2.75) is 38.8 Å². The van der Waals surface area contributed by atoms with Crippen molar-refractivity contribution >= 4 is 27.5 Å². The minimum Gasteiger partial charge on any atom is -0.324 e. The Hall–Kier alpha value is -0.870. The van der Waals surface area contributed by atoms with E-state index in [9.17, 15) is 4.79 Å². The van der Waals surface area contributed by atoms with Crippen molar-refractivity contribution in [2.24, 2.45) is 5.73 Å². The summed E-state index contributed by atoms with van der Waals surface area (Å²) in [6, 6.07) is 6.18. The molecule has 0 bridgehead atoms. The number of fused-ring (bicyclic) bond motifs is 1. The normalized spacial score (nSPS) is 23.4. The maximum atomic E-state index is 11.8. The molecule has 0 radical (unpaired) electrons. The van der Waals surface area contributed by atoms with Crippen LogP contribution < -0.4 is 10.6 Å². The predicted molar refractivity (Wildman–Crippen MR) is 72.9 cm³/mol. The van der Waals surface area contributed by atoms with E-state index < -0.39 is 0 Å². The molecule has 0 unspecified atom stereocenters. The third-order valence-corrected chi connectivity index (χ3v) is 3.84. The summed E-state index contributed by atoms with van der Waals surface area (Å²) >= 11 is 3.45. The molecule has 1 aliphatic heterocycles. The number of halogens is 1. The number of carbonyl (C=O) groups is 1. The number of hydrogen-bond donors (Lipinski definition) is 1. The second kappa shape index (κ2) is 4.78. The highest BCUT2D eigenvalue weighted by Gasteiger charge is 2.31. The molecule has 2 rings (SSSR count). The van der Waals surface area contributed by atoms with Gasteiger partial charge in [-0.15, -0.1) is 0 Å². The van der Waals surface area contributed by atoms with Crippen LogP contribution in [0.25, 0.3) is 0 Å². The smallest absolute Gasteiger partial charge is 0.224 e. The molecule has 0 saturated heterocycles. The van der Waals surface area contributed by atoms with E-state index >= 15 is 0 Å². The monoisotopic (exact) mass is 296 g/mol. The van der Waals surface area contributed by atoms with Crippen LogP contribution in [-0.2, 0) is 4.79 Å². The third kappa shape index (κ3) is 2.24. The number of rotatable bonds is 1. The predicted octanol–water partition coefficient (Wildman–Crippen LogP) is 2.98. The van der Waals surface area contributed by atoms with Crippen LogP contribution in [0.2, 0.25) is 0 Å². The van der Waals surface area contributed by atoms with E-state index in [0.29, 0.717) is 0 Å². The number of anilines is 1. The molecule has 92 valence electrons. The van der Waals surface area contributed by atoms with E-state index in [1.54, 1.807) is 6.92 Å². The van der Waals surface area contributed by atoms with Crippen LogP contribution >= 0.6 is 15.9 Å². The van der Waals surface area contributed by atoms with Gasteiger partial charge in [-0.1, -0.05) is 22.9 Å². The standard InChI is InChI=1S/C13H17BrN2O/c1-3-10-7-12(15)11-6-9(14)4-5-13(11)16(10)8(2)17/h4-6,10,12H,3,7,15H2,1-2H3/t10-,12+/m0/s1. The first-order chi connectivity index (χ1) is 8.04. The quantitative estimate of drug-likeness (QED) is 0.866. The number of nitrogens with two attached hydrogens (primary N) is 1. The average Bonchev–Trinajstić information content (AvgIpc) is 2.28. The van der Waals surface area contributed by atoms with Crippen LogP contribution in [0.5, 0.6) is 0 Å². The Morgan fingerprint density at radius 2 is 2.29 bits per heavy atom. The summed E-state index contributed by atoms with van der Waals surface area (Å²) < 4.78 is 1.00. The van der Waals surface area contributed by atoms with E-state index in [4.69, 9.17) is 5.73 Å². The molecule has 4 heteroatoms.